The van der Waals surface area contributed by atoms with Crippen LogP contribution in [0, 0.1) is 5.41 Å². The molecule has 0 aromatic heterocycles. The number of anilines is 2. The molecule has 0 atom stereocenters. The van der Waals surface area contributed by atoms with Gasteiger partial charge in [-0.05, 0) is 49.9 Å². The molecule has 1 rings (SSSR count). The largest absolute Gasteiger partial charge is 0.385 e. The summed E-state index contributed by atoms with van der Waals surface area (Å²) < 4.78 is 0. The molecule has 102 valence electrons. The summed E-state index contributed by atoms with van der Waals surface area (Å²) in [6.07, 6.45) is 1.19. The predicted octanol–water partition coefficient (Wildman–Crippen LogP) is 4.38. The molecule has 0 bridgehead atoms. The van der Waals surface area contributed by atoms with Crippen molar-refractivity contribution in [2.75, 3.05) is 29.9 Å². The molecular formula is C16H28N2. The molecule has 2 heteroatoms. The number of rotatable bonds is 6. The van der Waals surface area contributed by atoms with Crippen molar-refractivity contribution in [2.45, 2.75) is 41.0 Å². The molecule has 0 heterocycles. The van der Waals surface area contributed by atoms with Gasteiger partial charge in [-0.25, -0.2) is 0 Å². The minimum atomic E-state index is 0.397. The van der Waals surface area contributed by atoms with Crippen LogP contribution < -0.4 is 10.2 Å². The molecule has 1 aromatic rings. The standard InChI is InChI=1S/C16H28N2/c1-6-18(7-2)15-10-8-14(9-11-15)17-13-12-16(3,4)5/h8-11,17H,6-7,12-13H2,1-5H3. The highest BCUT2D eigenvalue weighted by molar-refractivity contribution is 5.55. The lowest BCUT2D eigenvalue weighted by molar-refractivity contribution is 0.390. The highest BCUT2D eigenvalue weighted by Gasteiger charge is 2.09. The van der Waals surface area contributed by atoms with Gasteiger partial charge in [-0.3, -0.25) is 0 Å². The third kappa shape index (κ3) is 4.99. The van der Waals surface area contributed by atoms with Gasteiger partial charge < -0.3 is 10.2 Å². The summed E-state index contributed by atoms with van der Waals surface area (Å²) in [5.74, 6) is 0. The summed E-state index contributed by atoms with van der Waals surface area (Å²) in [4.78, 5) is 2.36. The topological polar surface area (TPSA) is 15.3 Å². The Balaban J connectivity index is 2.50. The van der Waals surface area contributed by atoms with E-state index in [2.05, 4.69) is 69.1 Å². The molecule has 0 saturated carbocycles. The normalized spacial score (nSPS) is 11.4. The maximum Gasteiger partial charge on any atom is 0.0367 e. The van der Waals surface area contributed by atoms with Crippen LogP contribution in [0.3, 0.4) is 0 Å². The van der Waals surface area contributed by atoms with Crippen molar-refractivity contribution < 1.29 is 0 Å². The van der Waals surface area contributed by atoms with E-state index in [-0.39, 0.29) is 0 Å². The van der Waals surface area contributed by atoms with Crippen LogP contribution in [0.4, 0.5) is 11.4 Å². The van der Waals surface area contributed by atoms with Crippen LogP contribution >= 0.6 is 0 Å². The molecule has 1 N–H and O–H groups in total. The third-order valence-corrected chi connectivity index (χ3v) is 3.20. The zero-order valence-corrected chi connectivity index (χ0v) is 12.6. The summed E-state index contributed by atoms with van der Waals surface area (Å²) in [6, 6.07) is 8.76. The SMILES string of the molecule is CCN(CC)c1ccc(NCCC(C)(C)C)cc1. The smallest absolute Gasteiger partial charge is 0.0367 e. The second kappa shape index (κ2) is 6.67. The van der Waals surface area contributed by atoms with Crippen LogP contribution in [0.5, 0.6) is 0 Å². The third-order valence-electron chi connectivity index (χ3n) is 3.20. The molecule has 0 unspecified atom stereocenters. The van der Waals surface area contributed by atoms with Crippen molar-refractivity contribution >= 4 is 11.4 Å². The van der Waals surface area contributed by atoms with E-state index in [0.29, 0.717) is 5.41 Å². The van der Waals surface area contributed by atoms with E-state index in [4.69, 9.17) is 0 Å². The molecule has 18 heavy (non-hydrogen) atoms. The van der Waals surface area contributed by atoms with Crippen molar-refractivity contribution in [1.82, 2.24) is 0 Å². The molecule has 0 aliphatic rings. The minimum absolute atomic E-state index is 0.397. The van der Waals surface area contributed by atoms with Gasteiger partial charge in [0.2, 0.25) is 0 Å². The van der Waals surface area contributed by atoms with Gasteiger partial charge in [0.15, 0.2) is 0 Å². The lowest BCUT2D eigenvalue weighted by Gasteiger charge is -2.22. The molecule has 0 saturated heterocycles. The number of hydrogen-bond donors (Lipinski definition) is 1. The second-order valence-corrected chi connectivity index (χ2v) is 5.96. The quantitative estimate of drug-likeness (QED) is 0.803. The maximum atomic E-state index is 3.48. The van der Waals surface area contributed by atoms with Gasteiger partial charge in [-0.15, -0.1) is 0 Å². The Kier molecular flexibility index (Phi) is 5.52. The van der Waals surface area contributed by atoms with Crippen LogP contribution in [-0.4, -0.2) is 19.6 Å². The average molecular weight is 248 g/mol. The molecular weight excluding hydrogens is 220 g/mol. The van der Waals surface area contributed by atoms with E-state index in [0.717, 1.165) is 19.6 Å². The first-order valence-electron chi connectivity index (χ1n) is 7.05. The van der Waals surface area contributed by atoms with Crippen LogP contribution in [0.1, 0.15) is 41.0 Å². The molecule has 0 aliphatic carbocycles. The molecule has 1 aromatic carbocycles. The van der Waals surface area contributed by atoms with Crippen LogP contribution in [0.15, 0.2) is 24.3 Å². The van der Waals surface area contributed by atoms with Crippen LogP contribution in [0.25, 0.3) is 0 Å². The van der Waals surface area contributed by atoms with Crippen molar-refractivity contribution in [3.63, 3.8) is 0 Å². The van der Waals surface area contributed by atoms with Crippen molar-refractivity contribution in [2.24, 2.45) is 5.41 Å². The molecule has 0 aliphatic heterocycles. The van der Waals surface area contributed by atoms with E-state index in [1.54, 1.807) is 0 Å². The highest BCUT2D eigenvalue weighted by Crippen LogP contribution is 2.20. The fraction of sp³-hybridized carbons (Fsp3) is 0.625. The Bertz CT molecular complexity index is 331. The Morgan fingerprint density at radius 2 is 1.56 bits per heavy atom. The maximum absolute atomic E-state index is 3.48. The second-order valence-electron chi connectivity index (χ2n) is 5.96. The Labute approximate surface area is 112 Å². The van der Waals surface area contributed by atoms with Gasteiger partial charge in [0, 0.05) is 31.0 Å². The first kappa shape index (κ1) is 14.9. The van der Waals surface area contributed by atoms with E-state index in [1.807, 2.05) is 0 Å². The number of hydrogen-bond acceptors (Lipinski definition) is 2. The van der Waals surface area contributed by atoms with Gasteiger partial charge in [-0.2, -0.15) is 0 Å². The monoisotopic (exact) mass is 248 g/mol. The first-order valence-corrected chi connectivity index (χ1v) is 7.05. The van der Waals surface area contributed by atoms with E-state index in [9.17, 15) is 0 Å². The summed E-state index contributed by atoms with van der Waals surface area (Å²) >= 11 is 0. The minimum Gasteiger partial charge on any atom is -0.385 e. The van der Waals surface area contributed by atoms with Gasteiger partial charge in [0.05, 0.1) is 0 Å². The van der Waals surface area contributed by atoms with Gasteiger partial charge in [0.25, 0.3) is 0 Å². The lowest BCUT2D eigenvalue weighted by Crippen LogP contribution is -2.21. The number of nitrogens with one attached hydrogen (secondary N) is 1. The van der Waals surface area contributed by atoms with E-state index < -0.39 is 0 Å². The van der Waals surface area contributed by atoms with Crippen molar-refractivity contribution in [3.8, 4) is 0 Å². The Hall–Kier alpha value is -1.18. The lowest BCUT2D eigenvalue weighted by atomic mass is 9.92. The fourth-order valence-corrected chi connectivity index (χ4v) is 1.96. The van der Waals surface area contributed by atoms with Gasteiger partial charge in [0.1, 0.15) is 0 Å². The summed E-state index contributed by atoms with van der Waals surface area (Å²) in [6.45, 7) is 14.4. The van der Waals surface area contributed by atoms with Crippen molar-refractivity contribution in [1.29, 1.82) is 0 Å². The highest BCUT2D eigenvalue weighted by atomic mass is 15.1. The molecule has 2 nitrogen and oxygen atoms in total. The molecule has 0 fully saturated rings. The summed E-state index contributed by atoms with van der Waals surface area (Å²) in [5, 5.41) is 3.48. The Morgan fingerprint density at radius 3 is 2.00 bits per heavy atom. The van der Waals surface area contributed by atoms with Gasteiger partial charge >= 0.3 is 0 Å². The van der Waals surface area contributed by atoms with E-state index in [1.165, 1.54) is 17.8 Å². The van der Waals surface area contributed by atoms with Crippen LogP contribution in [-0.2, 0) is 0 Å². The fourth-order valence-electron chi connectivity index (χ4n) is 1.96. The van der Waals surface area contributed by atoms with E-state index >= 15 is 0 Å². The zero-order chi connectivity index (χ0) is 13.6. The van der Waals surface area contributed by atoms with Crippen molar-refractivity contribution in [3.05, 3.63) is 24.3 Å². The summed E-state index contributed by atoms with van der Waals surface area (Å²) in [5.41, 5.74) is 2.92. The summed E-state index contributed by atoms with van der Waals surface area (Å²) in [7, 11) is 0. The molecule has 0 amide bonds. The average Bonchev–Trinajstić information content (AvgIpc) is 2.31. The van der Waals surface area contributed by atoms with Gasteiger partial charge in [-0.1, -0.05) is 20.8 Å². The number of benzene rings is 1. The predicted molar refractivity (Wildman–Crippen MR) is 82.6 cm³/mol. The Morgan fingerprint density at radius 1 is 1.00 bits per heavy atom. The number of nitrogens with zero attached hydrogens (tertiary/aromatic N) is 1. The zero-order valence-electron chi connectivity index (χ0n) is 12.6. The molecule has 0 radical (unpaired) electrons. The first-order chi connectivity index (χ1) is 8.46. The van der Waals surface area contributed by atoms with Crippen LogP contribution in [0.2, 0.25) is 0 Å². The molecule has 0 spiro atoms.